The summed E-state index contributed by atoms with van der Waals surface area (Å²) >= 11 is 3.29. The molecule has 100 valence electrons. The number of benzene rings is 1. The number of hydrogen-bond acceptors (Lipinski definition) is 4. The summed E-state index contributed by atoms with van der Waals surface area (Å²) in [5, 5.41) is 0. The molecule has 0 atom stereocenters. The summed E-state index contributed by atoms with van der Waals surface area (Å²) in [5.74, 6) is 0.600. The summed E-state index contributed by atoms with van der Waals surface area (Å²) in [7, 11) is 0. The molecule has 2 rings (SSSR count). The topological polar surface area (TPSA) is 75.0 Å². The Balaban J connectivity index is 2.43. The number of nitrogens with one attached hydrogen (secondary N) is 1. The fourth-order valence-corrected chi connectivity index (χ4v) is 2.21. The van der Waals surface area contributed by atoms with Crippen molar-refractivity contribution in [3.05, 3.63) is 51.5 Å². The van der Waals surface area contributed by atoms with Crippen LogP contribution in [0.2, 0.25) is 0 Å². The van der Waals surface area contributed by atoms with Gasteiger partial charge in [0.1, 0.15) is 4.47 Å². The van der Waals surface area contributed by atoms with Crippen LogP contribution < -0.4 is 16.2 Å². The number of para-hydroxylation sites is 1. The van der Waals surface area contributed by atoms with Gasteiger partial charge in [0.2, 0.25) is 0 Å². The summed E-state index contributed by atoms with van der Waals surface area (Å²) in [6.07, 6.45) is 2.22. The molecule has 0 saturated heterocycles. The number of halogens is 1. The minimum Gasteiger partial charge on any atom is -0.330 e. The molecule has 5 nitrogen and oxygen atoms in total. The lowest BCUT2D eigenvalue weighted by atomic mass is 10.2. The molecule has 1 aromatic heterocycles. The van der Waals surface area contributed by atoms with E-state index in [0.717, 1.165) is 12.1 Å². The molecule has 0 radical (unpaired) electrons. The average Bonchev–Trinajstić information content (AvgIpc) is 2.45. The van der Waals surface area contributed by atoms with Gasteiger partial charge >= 0.3 is 0 Å². The van der Waals surface area contributed by atoms with Crippen LogP contribution in [0.15, 0.2) is 45.9 Å². The monoisotopic (exact) mass is 322 g/mol. The van der Waals surface area contributed by atoms with Crippen LogP contribution in [0.3, 0.4) is 0 Å². The molecule has 0 bridgehead atoms. The van der Waals surface area contributed by atoms with Crippen LogP contribution in [0.4, 0.5) is 11.5 Å². The summed E-state index contributed by atoms with van der Waals surface area (Å²) in [6.45, 7) is 1.29. The molecule has 0 aliphatic carbocycles. The Kier molecular flexibility index (Phi) is 4.70. The Morgan fingerprint density at radius 2 is 2.05 bits per heavy atom. The zero-order valence-corrected chi connectivity index (χ0v) is 11.9. The second kappa shape index (κ2) is 6.49. The zero-order valence-electron chi connectivity index (χ0n) is 10.3. The number of nitrogens with two attached hydrogens (primary N) is 1. The first-order chi connectivity index (χ1) is 9.24. The summed E-state index contributed by atoms with van der Waals surface area (Å²) < 4.78 is 0.427. The first-order valence-corrected chi connectivity index (χ1v) is 6.79. The predicted octanol–water partition coefficient (Wildman–Crippen LogP) is 2.02. The normalized spacial score (nSPS) is 10.4. The van der Waals surface area contributed by atoms with Crippen LogP contribution >= 0.6 is 15.9 Å². The number of aromatic nitrogens is 2. The quantitative estimate of drug-likeness (QED) is 0.883. The molecule has 19 heavy (non-hydrogen) atoms. The minimum absolute atomic E-state index is 0.196. The van der Waals surface area contributed by atoms with Crippen LogP contribution in [0.5, 0.6) is 0 Å². The molecule has 6 heteroatoms. The van der Waals surface area contributed by atoms with E-state index >= 15 is 0 Å². The fraction of sp³-hybridized carbons (Fsp3) is 0.231. The Labute approximate surface area is 119 Å². The van der Waals surface area contributed by atoms with Crippen LogP contribution in [0, 0.1) is 0 Å². The van der Waals surface area contributed by atoms with E-state index in [0.29, 0.717) is 23.4 Å². The molecule has 0 amide bonds. The zero-order chi connectivity index (χ0) is 13.7. The van der Waals surface area contributed by atoms with Gasteiger partial charge in [0.25, 0.3) is 5.56 Å². The highest BCUT2D eigenvalue weighted by Crippen LogP contribution is 2.27. The molecule has 3 N–H and O–H groups in total. The van der Waals surface area contributed by atoms with Gasteiger partial charge in [0, 0.05) is 12.2 Å². The molecule has 0 aliphatic heterocycles. The third-order valence-corrected chi connectivity index (χ3v) is 3.40. The van der Waals surface area contributed by atoms with E-state index in [9.17, 15) is 4.79 Å². The van der Waals surface area contributed by atoms with Crippen molar-refractivity contribution in [1.29, 1.82) is 0 Å². The smallest absolute Gasteiger partial charge is 0.267 e. The highest BCUT2D eigenvalue weighted by atomic mass is 79.9. The standard InChI is InChI=1S/C13H15BrN4O/c14-11-12(16-9-17-13(11)19)18(8-4-7-15)10-5-2-1-3-6-10/h1-3,5-6,9H,4,7-8,15H2,(H,16,17,19). The number of nitrogens with zero attached hydrogens (tertiary/aromatic N) is 2. The van der Waals surface area contributed by atoms with Gasteiger partial charge in [-0.3, -0.25) is 4.79 Å². The molecular formula is C13H15BrN4O. The van der Waals surface area contributed by atoms with Crippen LogP contribution in [-0.2, 0) is 0 Å². The number of H-pyrrole nitrogens is 1. The highest BCUT2D eigenvalue weighted by molar-refractivity contribution is 9.10. The van der Waals surface area contributed by atoms with E-state index < -0.39 is 0 Å². The van der Waals surface area contributed by atoms with Crippen LogP contribution in [-0.4, -0.2) is 23.1 Å². The number of hydrogen-bond donors (Lipinski definition) is 2. The molecule has 1 heterocycles. The van der Waals surface area contributed by atoms with Crippen molar-refractivity contribution in [1.82, 2.24) is 9.97 Å². The van der Waals surface area contributed by atoms with E-state index in [4.69, 9.17) is 5.73 Å². The Hall–Kier alpha value is -1.66. The van der Waals surface area contributed by atoms with Crippen molar-refractivity contribution in [2.24, 2.45) is 5.73 Å². The van der Waals surface area contributed by atoms with Crippen molar-refractivity contribution >= 4 is 27.4 Å². The van der Waals surface area contributed by atoms with Crippen LogP contribution in [0.1, 0.15) is 6.42 Å². The Morgan fingerprint density at radius 3 is 2.74 bits per heavy atom. The molecule has 0 saturated carbocycles. The van der Waals surface area contributed by atoms with Gasteiger partial charge in [0.15, 0.2) is 5.82 Å². The number of anilines is 2. The summed E-state index contributed by atoms with van der Waals surface area (Å²) in [6, 6.07) is 9.81. The highest BCUT2D eigenvalue weighted by Gasteiger charge is 2.15. The van der Waals surface area contributed by atoms with Gasteiger partial charge in [-0.2, -0.15) is 0 Å². The summed E-state index contributed by atoms with van der Waals surface area (Å²) in [4.78, 5) is 20.4. The minimum atomic E-state index is -0.196. The Bertz CT molecular complexity index is 585. The van der Waals surface area contributed by atoms with Crippen molar-refractivity contribution in [3.63, 3.8) is 0 Å². The largest absolute Gasteiger partial charge is 0.330 e. The van der Waals surface area contributed by atoms with E-state index in [1.165, 1.54) is 6.33 Å². The fourth-order valence-electron chi connectivity index (χ4n) is 1.78. The lowest BCUT2D eigenvalue weighted by Gasteiger charge is -2.24. The van der Waals surface area contributed by atoms with E-state index in [1.54, 1.807) is 0 Å². The maximum atomic E-state index is 11.7. The van der Waals surface area contributed by atoms with E-state index in [-0.39, 0.29) is 5.56 Å². The van der Waals surface area contributed by atoms with Gasteiger partial charge in [-0.05, 0) is 41.0 Å². The summed E-state index contributed by atoms with van der Waals surface area (Å²) in [5.41, 5.74) is 6.36. The molecule has 2 aromatic rings. The molecule has 0 spiro atoms. The second-order valence-corrected chi connectivity index (χ2v) is 4.79. The third-order valence-electron chi connectivity index (χ3n) is 2.69. The number of rotatable bonds is 5. The van der Waals surface area contributed by atoms with Gasteiger partial charge in [-0.25, -0.2) is 4.98 Å². The van der Waals surface area contributed by atoms with Gasteiger partial charge in [0.05, 0.1) is 6.33 Å². The van der Waals surface area contributed by atoms with E-state index in [1.807, 2.05) is 35.2 Å². The van der Waals surface area contributed by atoms with Crippen LogP contribution in [0.25, 0.3) is 0 Å². The van der Waals surface area contributed by atoms with Crippen molar-refractivity contribution < 1.29 is 0 Å². The van der Waals surface area contributed by atoms with Gasteiger partial charge in [-0.1, -0.05) is 18.2 Å². The predicted molar refractivity (Wildman–Crippen MR) is 79.7 cm³/mol. The SMILES string of the molecule is NCCCN(c1ccccc1)c1nc[nH]c(=O)c1Br. The van der Waals surface area contributed by atoms with Gasteiger partial charge < -0.3 is 15.6 Å². The maximum absolute atomic E-state index is 11.7. The molecule has 0 aliphatic rings. The molecular weight excluding hydrogens is 308 g/mol. The first-order valence-electron chi connectivity index (χ1n) is 6.00. The first kappa shape index (κ1) is 13.8. The lowest BCUT2D eigenvalue weighted by Crippen LogP contribution is -2.24. The van der Waals surface area contributed by atoms with Crippen molar-refractivity contribution in [2.45, 2.75) is 6.42 Å². The average molecular weight is 323 g/mol. The Morgan fingerprint density at radius 1 is 1.32 bits per heavy atom. The van der Waals surface area contributed by atoms with E-state index in [2.05, 4.69) is 25.9 Å². The molecule has 0 unspecified atom stereocenters. The number of aromatic amines is 1. The van der Waals surface area contributed by atoms with Gasteiger partial charge in [-0.15, -0.1) is 0 Å². The van der Waals surface area contributed by atoms with Crippen molar-refractivity contribution in [2.75, 3.05) is 18.0 Å². The third kappa shape index (κ3) is 3.21. The maximum Gasteiger partial charge on any atom is 0.267 e. The lowest BCUT2D eigenvalue weighted by molar-refractivity contribution is 0.805. The molecule has 0 fully saturated rings. The molecule has 1 aromatic carbocycles. The van der Waals surface area contributed by atoms with Crippen molar-refractivity contribution in [3.8, 4) is 0 Å². The second-order valence-electron chi connectivity index (χ2n) is 4.00.